The third kappa shape index (κ3) is 6.20. The van der Waals surface area contributed by atoms with E-state index >= 15 is 0 Å². The van der Waals surface area contributed by atoms with Crippen LogP contribution in [0.5, 0.6) is 0 Å². The number of halogens is 1. The van der Waals surface area contributed by atoms with Gasteiger partial charge in [-0.3, -0.25) is 0 Å². The van der Waals surface area contributed by atoms with Gasteiger partial charge in [-0.15, -0.1) is 0 Å². The van der Waals surface area contributed by atoms with Crippen LogP contribution in [-0.2, 0) is 0 Å². The molecule has 0 bridgehead atoms. The van der Waals surface area contributed by atoms with E-state index in [9.17, 15) is 4.39 Å². The largest absolute Gasteiger partial charge is 0.324 e. The number of hydrogen-bond donors (Lipinski definition) is 1. The predicted molar refractivity (Wildman–Crippen MR) is 80.7 cm³/mol. The number of rotatable bonds is 9. The third-order valence-corrected chi connectivity index (χ3v) is 3.74. The Labute approximate surface area is 117 Å². The summed E-state index contributed by atoms with van der Waals surface area (Å²) in [6.45, 7) is 4.01. The van der Waals surface area contributed by atoms with Crippen molar-refractivity contribution in [3.8, 4) is 0 Å². The lowest BCUT2D eigenvalue weighted by molar-refractivity contribution is 0.538. The van der Waals surface area contributed by atoms with Gasteiger partial charge in [-0.25, -0.2) is 4.39 Å². The summed E-state index contributed by atoms with van der Waals surface area (Å²) in [6.07, 6.45) is 9.97. The van der Waals surface area contributed by atoms with Gasteiger partial charge in [0.1, 0.15) is 5.82 Å². The van der Waals surface area contributed by atoms with E-state index in [-0.39, 0.29) is 11.9 Å². The summed E-state index contributed by atoms with van der Waals surface area (Å²) >= 11 is 0. The zero-order chi connectivity index (χ0) is 14.1. The molecule has 0 aliphatic carbocycles. The zero-order valence-electron chi connectivity index (χ0n) is 12.4. The van der Waals surface area contributed by atoms with E-state index in [1.165, 1.54) is 38.5 Å². The van der Waals surface area contributed by atoms with Gasteiger partial charge in [-0.1, -0.05) is 64.0 Å². The third-order valence-electron chi connectivity index (χ3n) is 3.74. The van der Waals surface area contributed by atoms with Gasteiger partial charge in [-0.05, 0) is 30.5 Å². The molecule has 1 nitrogen and oxygen atoms in total. The molecular formula is C17H28FN. The highest BCUT2D eigenvalue weighted by molar-refractivity contribution is 5.25. The number of hydrogen-bond acceptors (Lipinski definition) is 1. The smallest absolute Gasteiger partial charge is 0.126 e. The molecule has 2 heteroatoms. The molecule has 0 amide bonds. The number of benzene rings is 1. The lowest BCUT2D eigenvalue weighted by atomic mass is 9.99. The minimum absolute atomic E-state index is 0.0225. The van der Waals surface area contributed by atoms with Crippen LogP contribution in [0.25, 0.3) is 0 Å². The topological polar surface area (TPSA) is 26.0 Å². The summed E-state index contributed by atoms with van der Waals surface area (Å²) in [5, 5.41) is 0. The molecule has 1 aromatic rings. The Morgan fingerprint density at radius 3 is 2.32 bits per heavy atom. The Bertz CT molecular complexity index is 362. The quantitative estimate of drug-likeness (QED) is 0.604. The van der Waals surface area contributed by atoms with Crippen molar-refractivity contribution in [1.29, 1.82) is 0 Å². The van der Waals surface area contributed by atoms with Crippen LogP contribution >= 0.6 is 0 Å². The van der Waals surface area contributed by atoms with Gasteiger partial charge in [-0.2, -0.15) is 0 Å². The van der Waals surface area contributed by atoms with Crippen LogP contribution < -0.4 is 5.73 Å². The van der Waals surface area contributed by atoms with Gasteiger partial charge in [0, 0.05) is 6.04 Å². The Balaban J connectivity index is 2.20. The molecule has 1 aromatic carbocycles. The van der Waals surface area contributed by atoms with E-state index in [0.717, 1.165) is 18.4 Å². The van der Waals surface area contributed by atoms with E-state index in [4.69, 9.17) is 5.73 Å². The molecule has 0 fully saturated rings. The lowest BCUT2D eigenvalue weighted by Gasteiger charge is -2.12. The number of nitrogens with two attached hydrogens (primary N) is 1. The summed E-state index contributed by atoms with van der Waals surface area (Å²) in [4.78, 5) is 0. The van der Waals surface area contributed by atoms with Crippen LogP contribution in [0.3, 0.4) is 0 Å². The van der Waals surface area contributed by atoms with Gasteiger partial charge in [0.25, 0.3) is 0 Å². The molecule has 0 aromatic heterocycles. The SMILES string of the molecule is CCCCCCCCCC(N)c1ccc(C)c(F)c1. The lowest BCUT2D eigenvalue weighted by Crippen LogP contribution is -2.10. The summed E-state index contributed by atoms with van der Waals surface area (Å²) in [6, 6.07) is 5.33. The average molecular weight is 265 g/mol. The minimum atomic E-state index is -0.146. The molecule has 0 aliphatic rings. The number of unbranched alkanes of at least 4 members (excludes halogenated alkanes) is 6. The maximum atomic E-state index is 13.4. The molecule has 0 saturated heterocycles. The Morgan fingerprint density at radius 1 is 1.05 bits per heavy atom. The molecule has 108 valence electrons. The summed E-state index contributed by atoms with van der Waals surface area (Å²) < 4.78 is 13.4. The highest BCUT2D eigenvalue weighted by Gasteiger charge is 2.07. The predicted octanol–water partition coefficient (Wildman–Crippen LogP) is 5.27. The molecule has 1 unspecified atom stereocenters. The molecule has 2 N–H and O–H groups in total. The van der Waals surface area contributed by atoms with Crippen LogP contribution in [-0.4, -0.2) is 0 Å². The minimum Gasteiger partial charge on any atom is -0.324 e. The molecule has 0 saturated carbocycles. The van der Waals surface area contributed by atoms with Crippen molar-refractivity contribution in [2.24, 2.45) is 5.73 Å². The van der Waals surface area contributed by atoms with Crippen molar-refractivity contribution in [2.45, 2.75) is 71.3 Å². The van der Waals surface area contributed by atoms with E-state index < -0.39 is 0 Å². The van der Waals surface area contributed by atoms with Crippen LogP contribution in [0.1, 0.15) is 75.5 Å². The van der Waals surface area contributed by atoms with Crippen molar-refractivity contribution in [3.05, 3.63) is 35.1 Å². The van der Waals surface area contributed by atoms with Crippen molar-refractivity contribution < 1.29 is 4.39 Å². The first-order valence-electron chi connectivity index (χ1n) is 7.66. The average Bonchev–Trinajstić information content (AvgIpc) is 2.40. The fourth-order valence-corrected chi connectivity index (χ4v) is 2.33. The maximum absolute atomic E-state index is 13.4. The van der Waals surface area contributed by atoms with Gasteiger partial charge >= 0.3 is 0 Å². The van der Waals surface area contributed by atoms with Gasteiger partial charge in [0.05, 0.1) is 0 Å². The highest BCUT2D eigenvalue weighted by Crippen LogP contribution is 2.20. The number of aryl methyl sites for hydroxylation is 1. The molecule has 1 rings (SSSR count). The second-order valence-electron chi connectivity index (χ2n) is 5.53. The van der Waals surface area contributed by atoms with Gasteiger partial charge < -0.3 is 5.73 Å². The van der Waals surface area contributed by atoms with Crippen molar-refractivity contribution in [1.82, 2.24) is 0 Å². The maximum Gasteiger partial charge on any atom is 0.126 e. The Kier molecular flexibility index (Phi) is 7.73. The van der Waals surface area contributed by atoms with Crippen LogP contribution in [0, 0.1) is 12.7 Å². The standard InChI is InChI=1S/C17H28FN/c1-3-4-5-6-7-8-9-10-17(19)15-12-11-14(2)16(18)13-15/h11-13,17H,3-10,19H2,1-2H3. The molecule has 0 heterocycles. The van der Waals surface area contributed by atoms with Crippen LogP contribution in [0.2, 0.25) is 0 Å². The molecule has 0 aliphatic heterocycles. The van der Waals surface area contributed by atoms with E-state index in [1.54, 1.807) is 13.0 Å². The first-order chi connectivity index (χ1) is 9.15. The molecule has 19 heavy (non-hydrogen) atoms. The van der Waals surface area contributed by atoms with Crippen molar-refractivity contribution in [2.75, 3.05) is 0 Å². The molecular weight excluding hydrogens is 237 g/mol. The zero-order valence-corrected chi connectivity index (χ0v) is 12.4. The van der Waals surface area contributed by atoms with Crippen LogP contribution in [0.15, 0.2) is 18.2 Å². The summed E-state index contributed by atoms with van der Waals surface area (Å²) in [7, 11) is 0. The molecule has 1 atom stereocenters. The second kappa shape index (κ2) is 9.08. The van der Waals surface area contributed by atoms with Crippen LogP contribution in [0.4, 0.5) is 4.39 Å². The highest BCUT2D eigenvalue weighted by atomic mass is 19.1. The molecule has 0 radical (unpaired) electrons. The normalized spacial score (nSPS) is 12.6. The van der Waals surface area contributed by atoms with Gasteiger partial charge in [0.2, 0.25) is 0 Å². The Hall–Kier alpha value is -0.890. The first kappa shape index (κ1) is 16.2. The fraction of sp³-hybridized carbons (Fsp3) is 0.647. The summed E-state index contributed by atoms with van der Waals surface area (Å²) in [5.41, 5.74) is 7.72. The van der Waals surface area contributed by atoms with Gasteiger partial charge in [0.15, 0.2) is 0 Å². The summed E-state index contributed by atoms with van der Waals surface area (Å²) in [5.74, 6) is -0.146. The van der Waals surface area contributed by atoms with Crippen molar-refractivity contribution in [3.63, 3.8) is 0 Å². The van der Waals surface area contributed by atoms with E-state index in [2.05, 4.69) is 6.92 Å². The molecule has 0 spiro atoms. The second-order valence-corrected chi connectivity index (χ2v) is 5.53. The monoisotopic (exact) mass is 265 g/mol. The van der Waals surface area contributed by atoms with Crippen molar-refractivity contribution >= 4 is 0 Å². The van der Waals surface area contributed by atoms with E-state index in [1.807, 2.05) is 12.1 Å². The fourth-order valence-electron chi connectivity index (χ4n) is 2.33. The first-order valence-corrected chi connectivity index (χ1v) is 7.66. The Morgan fingerprint density at radius 2 is 1.68 bits per heavy atom. The van der Waals surface area contributed by atoms with E-state index in [0.29, 0.717) is 5.56 Å².